The third kappa shape index (κ3) is 5.84. The van der Waals surface area contributed by atoms with Crippen molar-refractivity contribution >= 4 is 23.1 Å². The van der Waals surface area contributed by atoms with Crippen molar-refractivity contribution in [3.8, 4) is 11.1 Å². The van der Waals surface area contributed by atoms with Gasteiger partial charge in [0.15, 0.2) is 0 Å². The minimum atomic E-state index is -0.445. The second-order valence-electron chi connectivity index (χ2n) is 16.2. The smallest absolute Gasteiger partial charge is 0.0713 e. The van der Waals surface area contributed by atoms with Crippen LogP contribution in [0.5, 0.6) is 0 Å². The van der Waals surface area contributed by atoms with Crippen molar-refractivity contribution in [1.29, 1.82) is 0 Å². The Hall–Kier alpha value is -5.83. The van der Waals surface area contributed by atoms with Gasteiger partial charge in [-0.05, 0) is 125 Å². The summed E-state index contributed by atoms with van der Waals surface area (Å²) in [5.74, 6) is 0.155. The zero-order chi connectivity index (χ0) is 38.6. The van der Waals surface area contributed by atoms with E-state index in [0.29, 0.717) is 0 Å². The fourth-order valence-electron chi connectivity index (χ4n) is 10.2. The molecular weight excluding hydrogens is 707 g/mol. The van der Waals surface area contributed by atoms with Crippen LogP contribution in [-0.2, 0) is 5.41 Å². The molecule has 0 fully saturated rings. The molecule has 10 rings (SSSR count). The fourth-order valence-corrected chi connectivity index (χ4v) is 11.3. The molecule has 5 aromatic carbocycles. The van der Waals surface area contributed by atoms with E-state index in [1.165, 1.54) is 78.3 Å². The molecule has 2 heteroatoms. The Morgan fingerprint density at radius 3 is 2.19 bits per heavy atom. The Balaban J connectivity index is 1.17. The van der Waals surface area contributed by atoms with Gasteiger partial charge in [-0.25, -0.2) is 0 Å². The van der Waals surface area contributed by atoms with Crippen LogP contribution in [0.1, 0.15) is 77.5 Å². The predicted octanol–water partition coefficient (Wildman–Crippen LogP) is 14.3. The first-order valence-corrected chi connectivity index (χ1v) is 21.3. The van der Waals surface area contributed by atoms with Crippen LogP contribution in [0.3, 0.4) is 0 Å². The van der Waals surface area contributed by atoms with Crippen LogP contribution in [0.2, 0.25) is 0 Å². The van der Waals surface area contributed by atoms with Gasteiger partial charge >= 0.3 is 0 Å². The molecule has 0 N–H and O–H groups in total. The fraction of sp³-hybridized carbons (Fsp3) is 0.164. The summed E-state index contributed by atoms with van der Waals surface area (Å²) < 4.78 is -0.234. The highest BCUT2D eigenvalue weighted by atomic mass is 32.2. The Morgan fingerprint density at radius 2 is 1.40 bits per heavy atom. The van der Waals surface area contributed by atoms with Gasteiger partial charge in [-0.1, -0.05) is 164 Å². The van der Waals surface area contributed by atoms with Gasteiger partial charge in [0.05, 0.1) is 11.1 Å². The first kappa shape index (κ1) is 35.6. The normalized spacial score (nSPS) is 24.2. The van der Waals surface area contributed by atoms with E-state index in [0.717, 1.165) is 31.3 Å². The Bertz CT molecular complexity index is 2640. The number of hydrogen-bond acceptors (Lipinski definition) is 2. The average Bonchev–Trinajstić information content (AvgIpc) is 3.54. The quantitative estimate of drug-likeness (QED) is 0.167. The standard InChI is InChI=1S/C55H47NS/c1-38-25-34-47-46-21-12-13-24-50(46)55(51(47)36-38,42-19-8-5-9-20-42)43-28-32-45(33-29-43)56(44-30-26-41(27-31-44)40-17-6-4-7-18-40)52-37-54(3)53(39(2)16-14-15-35-57-54)49-23-11-10-22-48(49)52/h4-6,8-17,19-26,28-30,32-37,53H,2,7,18,27,31H2,1,3H3/b16-14-,35-15-. The number of allylic oxidation sites excluding steroid dienone is 12. The van der Waals surface area contributed by atoms with Crippen molar-refractivity contribution in [2.45, 2.75) is 55.6 Å². The van der Waals surface area contributed by atoms with Gasteiger partial charge in [-0.15, -0.1) is 11.8 Å². The molecule has 5 aliphatic rings. The van der Waals surface area contributed by atoms with Gasteiger partial charge in [-0.2, -0.15) is 0 Å². The number of benzene rings is 5. The van der Waals surface area contributed by atoms with Crippen LogP contribution < -0.4 is 4.90 Å². The molecule has 3 atom stereocenters. The maximum absolute atomic E-state index is 4.63. The lowest BCUT2D eigenvalue weighted by molar-refractivity contribution is 0.665. The van der Waals surface area contributed by atoms with E-state index >= 15 is 0 Å². The Labute approximate surface area is 342 Å². The van der Waals surface area contributed by atoms with Crippen LogP contribution in [0.15, 0.2) is 210 Å². The number of rotatable bonds is 6. The second-order valence-corrected chi connectivity index (χ2v) is 17.6. The van der Waals surface area contributed by atoms with E-state index in [1.54, 1.807) is 0 Å². The van der Waals surface area contributed by atoms with Gasteiger partial charge in [0.2, 0.25) is 0 Å². The lowest BCUT2D eigenvalue weighted by Crippen LogP contribution is -2.36. The zero-order valence-electron chi connectivity index (χ0n) is 32.8. The largest absolute Gasteiger partial charge is 0.314 e. The third-order valence-electron chi connectivity index (χ3n) is 12.8. The van der Waals surface area contributed by atoms with Gasteiger partial charge in [0.1, 0.15) is 0 Å². The molecule has 0 amide bonds. The van der Waals surface area contributed by atoms with E-state index in [1.807, 2.05) is 11.8 Å². The summed E-state index contributed by atoms with van der Waals surface area (Å²) >= 11 is 1.90. The summed E-state index contributed by atoms with van der Waals surface area (Å²) in [5.41, 5.74) is 19.1. The molecular formula is C55H47NS. The first-order valence-electron chi connectivity index (χ1n) is 20.4. The first-order chi connectivity index (χ1) is 28.0. The molecule has 3 unspecified atom stereocenters. The lowest BCUT2D eigenvalue weighted by Gasteiger charge is -2.44. The maximum Gasteiger partial charge on any atom is 0.0713 e. The van der Waals surface area contributed by atoms with E-state index in [2.05, 4.69) is 207 Å². The molecule has 1 heterocycles. The van der Waals surface area contributed by atoms with Crippen molar-refractivity contribution in [2.24, 2.45) is 0 Å². The predicted molar refractivity (Wildman–Crippen MR) is 243 cm³/mol. The summed E-state index contributed by atoms with van der Waals surface area (Å²) in [7, 11) is 0. The zero-order valence-corrected chi connectivity index (χ0v) is 33.6. The highest BCUT2D eigenvalue weighted by Gasteiger charge is 2.46. The van der Waals surface area contributed by atoms with Crippen molar-refractivity contribution in [3.05, 3.63) is 249 Å². The van der Waals surface area contributed by atoms with E-state index in [4.69, 9.17) is 0 Å². The van der Waals surface area contributed by atoms with Gasteiger partial charge in [-0.3, -0.25) is 0 Å². The molecule has 0 aromatic heterocycles. The summed E-state index contributed by atoms with van der Waals surface area (Å²) in [6.07, 6.45) is 24.8. The number of nitrogens with zero attached hydrogens (tertiary/aromatic N) is 1. The Kier molecular flexibility index (Phi) is 8.91. The van der Waals surface area contributed by atoms with Crippen molar-refractivity contribution in [3.63, 3.8) is 0 Å². The second kappa shape index (κ2) is 14.3. The third-order valence-corrected chi connectivity index (χ3v) is 13.9. The number of hydrogen-bond donors (Lipinski definition) is 0. The number of fused-ring (bicyclic) bond motifs is 6. The SMILES string of the molecule is C=C1/C=C\C=C/SC2(C)C=C(N(C3=CC=C(C4=CC=CCC4)CC3)c3ccc(C4(c5ccccc5)c5ccccc5-c5ccc(C)cc54)cc3)c3ccccc3C12. The number of thioether (sulfide) groups is 1. The molecule has 278 valence electrons. The summed E-state index contributed by atoms with van der Waals surface area (Å²) in [6, 6.07) is 45.8. The summed E-state index contributed by atoms with van der Waals surface area (Å²) in [6.45, 7) is 9.24. The lowest BCUT2D eigenvalue weighted by atomic mass is 9.67. The summed E-state index contributed by atoms with van der Waals surface area (Å²) in [5, 5.41) is 2.25. The van der Waals surface area contributed by atoms with Gasteiger partial charge < -0.3 is 4.90 Å². The van der Waals surface area contributed by atoms with E-state index < -0.39 is 5.41 Å². The minimum Gasteiger partial charge on any atom is -0.314 e. The van der Waals surface area contributed by atoms with Crippen molar-refractivity contribution < 1.29 is 0 Å². The topological polar surface area (TPSA) is 3.24 Å². The molecule has 57 heavy (non-hydrogen) atoms. The highest BCUT2D eigenvalue weighted by Crippen LogP contribution is 2.57. The highest BCUT2D eigenvalue weighted by molar-refractivity contribution is 8.03. The van der Waals surface area contributed by atoms with Gasteiger partial charge in [0.25, 0.3) is 0 Å². The molecule has 1 nitrogen and oxygen atoms in total. The average molecular weight is 754 g/mol. The molecule has 0 bridgehead atoms. The minimum absolute atomic E-state index is 0.155. The molecule has 4 aliphatic carbocycles. The molecule has 1 aliphatic heterocycles. The van der Waals surface area contributed by atoms with Crippen LogP contribution in [0, 0.1) is 6.92 Å². The van der Waals surface area contributed by atoms with Crippen LogP contribution in [-0.4, -0.2) is 4.75 Å². The molecule has 0 radical (unpaired) electrons. The van der Waals surface area contributed by atoms with Crippen LogP contribution in [0.25, 0.3) is 16.8 Å². The molecule has 0 saturated carbocycles. The van der Waals surface area contributed by atoms with Crippen LogP contribution >= 0.6 is 11.8 Å². The Morgan fingerprint density at radius 1 is 0.667 bits per heavy atom. The van der Waals surface area contributed by atoms with Crippen molar-refractivity contribution in [2.75, 3.05) is 4.90 Å². The van der Waals surface area contributed by atoms with Crippen molar-refractivity contribution in [1.82, 2.24) is 0 Å². The monoisotopic (exact) mass is 753 g/mol. The number of aryl methyl sites for hydroxylation is 1. The maximum atomic E-state index is 4.63. The van der Waals surface area contributed by atoms with Crippen LogP contribution in [0.4, 0.5) is 5.69 Å². The van der Waals surface area contributed by atoms with E-state index in [9.17, 15) is 0 Å². The van der Waals surface area contributed by atoms with Gasteiger partial charge in [0, 0.05) is 27.6 Å². The molecule has 0 saturated heterocycles. The number of anilines is 1. The van der Waals surface area contributed by atoms with E-state index in [-0.39, 0.29) is 10.7 Å². The molecule has 5 aromatic rings. The molecule has 0 spiro atoms. The summed E-state index contributed by atoms with van der Waals surface area (Å²) in [4.78, 5) is 2.57.